The normalized spacial score (nSPS) is 19.3. The lowest BCUT2D eigenvalue weighted by molar-refractivity contribution is 0.963. The van der Waals surface area contributed by atoms with Crippen LogP contribution in [0.5, 0.6) is 0 Å². The van der Waals surface area contributed by atoms with E-state index < -0.39 is 0 Å². The van der Waals surface area contributed by atoms with Crippen molar-refractivity contribution in [3.05, 3.63) is 40.8 Å². The van der Waals surface area contributed by atoms with E-state index in [1.807, 2.05) is 24.2 Å². The molecule has 3 heterocycles. The lowest BCUT2D eigenvalue weighted by Gasteiger charge is -2.23. The van der Waals surface area contributed by atoms with Crippen molar-refractivity contribution >= 4 is 28.8 Å². The van der Waals surface area contributed by atoms with Crippen molar-refractivity contribution in [2.24, 2.45) is 0 Å². The molecule has 2 nitrogen and oxygen atoms in total. The van der Waals surface area contributed by atoms with E-state index >= 15 is 0 Å². The van der Waals surface area contributed by atoms with E-state index in [9.17, 15) is 0 Å². The van der Waals surface area contributed by atoms with Crippen LogP contribution in [0.25, 0.3) is 0 Å². The number of hydrogen-bond acceptors (Lipinski definition) is 4. The highest BCUT2D eigenvalue weighted by Gasteiger charge is 2.20. The summed E-state index contributed by atoms with van der Waals surface area (Å²) < 4.78 is 0. The van der Waals surface area contributed by atoms with Crippen molar-refractivity contribution in [2.75, 3.05) is 11.9 Å². The molecule has 1 unspecified atom stereocenters. The summed E-state index contributed by atoms with van der Waals surface area (Å²) in [5, 5.41) is 8.35. The summed E-state index contributed by atoms with van der Waals surface area (Å²) >= 11 is 3.69. The molecule has 1 aliphatic heterocycles. The van der Waals surface area contributed by atoms with Gasteiger partial charge < -0.3 is 5.32 Å². The number of nitrogens with zero attached hydrogens (tertiary/aromatic N) is 1. The van der Waals surface area contributed by atoms with Gasteiger partial charge in [-0.15, -0.1) is 23.1 Å². The highest BCUT2D eigenvalue weighted by molar-refractivity contribution is 8.00. The summed E-state index contributed by atoms with van der Waals surface area (Å²) in [6, 6.07) is 4.19. The molecular formula is C11H10N2S2. The summed E-state index contributed by atoms with van der Waals surface area (Å²) in [6.07, 6.45) is 3.72. The molecule has 1 aliphatic rings. The first-order chi connectivity index (χ1) is 7.43. The van der Waals surface area contributed by atoms with Crippen LogP contribution >= 0.6 is 23.1 Å². The fourth-order valence-electron chi connectivity index (χ4n) is 1.67. The number of hydrogen-bond donors (Lipinski definition) is 1. The summed E-state index contributed by atoms with van der Waals surface area (Å²) in [5.74, 6) is 0. The molecule has 0 fully saturated rings. The number of nitrogens with one attached hydrogen (secondary N) is 1. The molecule has 0 amide bonds. The lowest BCUT2D eigenvalue weighted by atomic mass is 10.2. The Balaban J connectivity index is 1.88. The lowest BCUT2D eigenvalue weighted by Crippen LogP contribution is -2.14. The molecule has 2 aromatic heterocycles. The van der Waals surface area contributed by atoms with Gasteiger partial charge in [-0.1, -0.05) is 0 Å². The minimum atomic E-state index is 0.509. The Kier molecular flexibility index (Phi) is 2.38. The average Bonchev–Trinajstić information content (AvgIpc) is 2.77. The van der Waals surface area contributed by atoms with Gasteiger partial charge in [0.2, 0.25) is 0 Å². The van der Waals surface area contributed by atoms with E-state index in [0.717, 1.165) is 6.54 Å². The van der Waals surface area contributed by atoms with Gasteiger partial charge in [-0.3, -0.25) is 4.98 Å². The Morgan fingerprint density at radius 1 is 1.27 bits per heavy atom. The van der Waals surface area contributed by atoms with Crippen LogP contribution in [0.2, 0.25) is 0 Å². The SMILES string of the molecule is c1cc(C2CNc3cscc3S2)ccn1. The van der Waals surface area contributed by atoms with E-state index in [4.69, 9.17) is 0 Å². The van der Waals surface area contributed by atoms with Crippen LogP contribution in [0.1, 0.15) is 10.8 Å². The second kappa shape index (κ2) is 3.87. The van der Waals surface area contributed by atoms with E-state index in [1.165, 1.54) is 16.1 Å². The topological polar surface area (TPSA) is 24.9 Å². The molecule has 2 aromatic rings. The number of aromatic nitrogens is 1. The van der Waals surface area contributed by atoms with E-state index in [2.05, 4.69) is 33.2 Å². The van der Waals surface area contributed by atoms with Crippen LogP contribution in [0.4, 0.5) is 5.69 Å². The van der Waals surface area contributed by atoms with Crippen molar-refractivity contribution in [3.63, 3.8) is 0 Å². The molecule has 0 radical (unpaired) electrons. The summed E-state index contributed by atoms with van der Waals surface area (Å²) in [7, 11) is 0. The Bertz CT molecular complexity index is 453. The molecule has 76 valence electrons. The van der Waals surface area contributed by atoms with E-state index in [-0.39, 0.29) is 0 Å². The van der Waals surface area contributed by atoms with Gasteiger partial charge in [0, 0.05) is 34.6 Å². The van der Waals surface area contributed by atoms with Crippen LogP contribution in [0, 0.1) is 0 Å². The first-order valence-corrected chi connectivity index (χ1v) is 6.62. The van der Waals surface area contributed by atoms with E-state index in [1.54, 1.807) is 11.3 Å². The van der Waals surface area contributed by atoms with Crippen LogP contribution in [-0.2, 0) is 0 Å². The standard InChI is InChI=1S/C11H10N2S2/c1-3-12-4-2-8(1)10-5-13-9-6-14-7-11(9)15-10/h1-4,6-7,10,13H,5H2. The minimum absolute atomic E-state index is 0.509. The van der Waals surface area contributed by atoms with Crippen LogP contribution < -0.4 is 5.32 Å². The molecule has 0 bridgehead atoms. The smallest absolute Gasteiger partial charge is 0.0587 e. The average molecular weight is 234 g/mol. The molecular weight excluding hydrogens is 224 g/mol. The number of anilines is 1. The molecule has 0 aliphatic carbocycles. The van der Waals surface area contributed by atoms with Gasteiger partial charge in [0.1, 0.15) is 0 Å². The van der Waals surface area contributed by atoms with Gasteiger partial charge in [-0.2, -0.15) is 0 Å². The van der Waals surface area contributed by atoms with Crippen LogP contribution in [0.15, 0.2) is 40.2 Å². The molecule has 0 aromatic carbocycles. The molecule has 3 rings (SSSR count). The summed E-state index contributed by atoms with van der Waals surface area (Å²) in [4.78, 5) is 5.42. The van der Waals surface area contributed by atoms with Crippen molar-refractivity contribution in [3.8, 4) is 0 Å². The monoisotopic (exact) mass is 234 g/mol. The molecule has 4 heteroatoms. The van der Waals surface area contributed by atoms with Gasteiger partial charge in [-0.05, 0) is 17.7 Å². The third-order valence-corrected chi connectivity index (χ3v) is 4.66. The molecule has 0 saturated carbocycles. The third kappa shape index (κ3) is 1.75. The Morgan fingerprint density at radius 3 is 3.00 bits per heavy atom. The first-order valence-electron chi connectivity index (χ1n) is 4.80. The Labute approximate surface area is 96.7 Å². The van der Waals surface area contributed by atoms with E-state index in [0.29, 0.717) is 5.25 Å². The largest absolute Gasteiger partial charge is 0.382 e. The van der Waals surface area contributed by atoms with Gasteiger partial charge in [0.15, 0.2) is 0 Å². The number of thioether (sulfide) groups is 1. The van der Waals surface area contributed by atoms with Crippen molar-refractivity contribution in [2.45, 2.75) is 10.1 Å². The predicted molar refractivity (Wildman–Crippen MR) is 65.6 cm³/mol. The number of rotatable bonds is 1. The Morgan fingerprint density at radius 2 is 2.13 bits per heavy atom. The maximum atomic E-state index is 4.05. The number of fused-ring (bicyclic) bond motifs is 1. The van der Waals surface area contributed by atoms with Gasteiger partial charge >= 0.3 is 0 Å². The quantitative estimate of drug-likeness (QED) is 0.818. The summed E-state index contributed by atoms with van der Waals surface area (Å²) in [6.45, 7) is 0.998. The van der Waals surface area contributed by atoms with Gasteiger partial charge in [0.05, 0.1) is 10.9 Å². The molecule has 0 spiro atoms. The molecule has 1 N–H and O–H groups in total. The fraction of sp³-hybridized carbons (Fsp3) is 0.182. The first kappa shape index (κ1) is 9.24. The maximum Gasteiger partial charge on any atom is 0.0587 e. The van der Waals surface area contributed by atoms with Crippen molar-refractivity contribution < 1.29 is 0 Å². The molecule has 0 saturated heterocycles. The van der Waals surface area contributed by atoms with Gasteiger partial charge in [-0.25, -0.2) is 0 Å². The highest BCUT2D eigenvalue weighted by Crippen LogP contribution is 2.44. The zero-order chi connectivity index (χ0) is 10.1. The predicted octanol–water partition coefficient (Wildman–Crippen LogP) is 3.40. The number of thiophene rings is 1. The fourth-order valence-corrected chi connectivity index (χ4v) is 3.82. The highest BCUT2D eigenvalue weighted by atomic mass is 32.2. The zero-order valence-electron chi connectivity index (χ0n) is 8.01. The minimum Gasteiger partial charge on any atom is -0.382 e. The maximum absolute atomic E-state index is 4.05. The molecule has 1 atom stereocenters. The second-order valence-electron chi connectivity index (χ2n) is 3.42. The van der Waals surface area contributed by atoms with Crippen LogP contribution in [-0.4, -0.2) is 11.5 Å². The van der Waals surface area contributed by atoms with Crippen LogP contribution in [0.3, 0.4) is 0 Å². The Hall–Kier alpha value is -1.00. The summed E-state index contributed by atoms with van der Waals surface area (Å²) in [5.41, 5.74) is 2.63. The zero-order valence-corrected chi connectivity index (χ0v) is 9.65. The third-order valence-electron chi connectivity index (χ3n) is 2.45. The van der Waals surface area contributed by atoms with Crippen molar-refractivity contribution in [1.29, 1.82) is 0 Å². The van der Waals surface area contributed by atoms with Gasteiger partial charge in [0.25, 0.3) is 0 Å². The number of pyridine rings is 1. The van der Waals surface area contributed by atoms with Crippen molar-refractivity contribution in [1.82, 2.24) is 4.98 Å². The molecule has 15 heavy (non-hydrogen) atoms. The second-order valence-corrected chi connectivity index (χ2v) is 5.41.